The first-order valence-electron chi connectivity index (χ1n) is 7.27. The van der Waals surface area contributed by atoms with Crippen molar-refractivity contribution in [3.05, 3.63) is 47.0 Å². The predicted molar refractivity (Wildman–Crippen MR) is 98.0 cm³/mol. The minimum atomic E-state index is -4.16. The number of tetrazole rings is 1. The lowest BCUT2D eigenvalue weighted by Gasteiger charge is -2.13. The van der Waals surface area contributed by atoms with Crippen LogP contribution in [0, 0.1) is 6.92 Å². The zero-order valence-electron chi connectivity index (χ0n) is 13.7. The minimum Gasteiger partial charge on any atom is -0.279 e. The second-order valence-corrected chi connectivity index (χ2v) is 9.15. The Bertz CT molecular complexity index is 1190. The van der Waals surface area contributed by atoms with Gasteiger partial charge >= 0.3 is 0 Å². The largest absolute Gasteiger partial charge is 0.279 e. The highest BCUT2D eigenvalue weighted by molar-refractivity contribution is 7.92. The van der Waals surface area contributed by atoms with E-state index in [1.807, 2.05) is 6.92 Å². The number of nitrogens with one attached hydrogen (secondary N) is 2. The van der Waals surface area contributed by atoms with Crippen LogP contribution in [0.25, 0.3) is 11.4 Å². The number of anilines is 1. The fourth-order valence-corrected chi connectivity index (χ4v) is 4.41. The lowest BCUT2D eigenvalue weighted by Crippen LogP contribution is -2.16. The number of nitrogens with two attached hydrogens (primary N) is 1. The van der Waals surface area contributed by atoms with Gasteiger partial charge in [0, 0.05) is 5.56 Å². The van der Waals surface area contributed by atoms with E-state index >= 15 is 0 Å². The third-order valence-corrected chi connectivity index (χ3v) is 6.30. The Labute approximate surface area is 159 Å². The molecule has 0 aliphatic heterocycles. The van der Waals surface area contributed by atoms with Crippen LogP contribution in [0.1, 0.15) is 5.56 Å². The van der Waals surface area contributed by atoms with E-state index in [0.29, 0.717) is 0 Å². The SMILES string of the molecule is Cc1ccc(S(=O)(=O)Nc2cc(Cl)c(S(N)(=O)=O)cc2-c2nn[nH]n2)cc1. The van der Waals surface area contributed by atoms with Gasteiger partial charge in [-0.25, -0.2) is 22.0 Å². The second-order valence-electron chi connectivity index (χ2n) is 5.53. The molecule has 0 amide bonds. The van der Waals surface area contributed by atoms with E-state index in [2.05, 4.69) is 25.3 Å². The fraction of sp³-hybridized carbons (Fsp3) is 0.0714. The number of nitrogens with zero attached hydrogens (tertiary/aromatic N) is 3. The van der Waals surface area contributed by atoms with Gasteiger partial charge in [0.05, 0.1) is 15.6 Å². The number of primary sulfonamides is 1. The van der Waals surface area contributed by atoms with Crippen molar-refractivity contribution < 1.29 is 16.8 Å². The summed E-state index contributed by atoms with van der Waals surface area (Å²) in [6.45, 7) is 1.82. The maximum absolute atomic E-state index is 12.7. The van der Waals surface area contributed by atoms with Crippen molar-refractivity contribution in [2.45, 2.75) is 16.7 Å². The maximum Gasteiger partial charge on any atom is 0.261 e. The summed E-state index contributed by atoms with van der Waals surface area (Å²) in [6.07, 6.45) is 0. The van der Waals surface area contributed by atoms with Gasteiger partial charge in [-0.1, -0.05) is 29.3 Å². The van der Waals surface area contributed by atoms with Crippen molar-refractivity contribution in [3.8, 4) is 11.4 Å². The molecule has 1 aromatic heterocycles. The number of rotatable bonds is 5. The van der Waals surface area contributed by atoms with E-state index in [9.17, 15) is 16.8 Å². The fourth-order valence-electron chi connectivity index (χ4n) is 2.24. The monoisotopic (exact) mass is 428 g/mol. The second kappa shape index (κ2) is 6.88. The lowest BCUT2D eigenvalue weighted by atomic mass is 10.2. The van der Waals surface area contributed by atoms with Crippen molar-refractivity contribution in [2.75, 3.05) is 4.72 Å². The Kier molecular flexibility index (Phi) is 4.90. The van der Waals surface area contributed by atoms with Crippen molar-refractivity contribution >= 4 is 37.3 Å². The Morgan fingerprint density at radius 2 is 1.78 bits per heavy atom. The van der Waals surface area contributed by atoms with Gasteiger partial charge in [-0.2, -0.15) is 5.21 Å². The van der Waals surface area contributed by atoms with Crippen molar-refractivity contribution in [1.29, 1.82) is 0 Å². The average Bonchev–Trinajstić information content (AvgIpc) is 3.08. The number of aromatic nitrogens is 4. The van der Waals surface area contributed by atoms with E-state index in [0.717, 1.165) is 17.7 Å². The van der Waals surface area contributed by atoms with Gasteiger partial charge in [-0.3, -0.25) is 4.72 Å². The summed E-state index contributed by atoms with van der Waals surface area (Å²) >= 11 is 5.98. The Morgan fingerprint density at radius 3 is 2.33 bits per heavy atom. The van der Waals surface area contributed by atoms with Gasteiger partial charge < -0.3 is 0 Å². The molecule has 3 rings (SSSR count). The molecule has 0 fully saturated rings. The minimum absolute atomic E-state index is 0.0128. The van der Waals surface area contributed by atoms with E-state index in [-0.39, 0.29) is 27.0 Å². The van der Waals surface area contributed by atoms with Crippen LogP contribution in [0.15, 0.2) is 46.2 Å². The molecule has 4 N–H and O–H groups in total. The van der Waals surface area contributed by atoms with E-state index in [4.69, 9.17) is 16.7 Å². The lowest BCUT2D eigenvalue weighted by molar-refractivity contribution is 0.597. The highest BCUT2D eigenvalue weighted by Crippen LogP contribution is 2.34. The number of halogens is 1. The summed E-state index contributed by atoms with van der Waals surface area (Å²) < 4.78 is 51.1. The van der Waals surface area contributed by atoms with Crippen molar-refractivity contribution in [3.63, 3.8) is 0 Å². The normalized spacial score (nSPS) is 12.1. The summed E-state index contributed by atoms with van der Waals surface area (Å²) in [5.74, 6) is -0.0434. The Balaban J connectivity index is 2.15. The average molecular weight is 429 g/mol. The zero-order chi connectivity index (χ0) is 19.8. The molecule has 0 bridgehead atoms. The van der Waals surface area contributed by atoms with Crippen molar-refractivity contribution in [1.82, 2.24) is 20.6 Å². The van der Waals surface area contributed by atoms with Gasteiger partial charge in [0.1, 0.15) is 4.90 Å². The number of aromatic amines is 1. The first kappa shape index (κ1) is 19.2. The van der Waals surface area contributed by atoms with Crippen LogP contribution >= 0.6 is 11.6 Å². The van der Waals surface area contributed by atoms with Gasteiger partial charge in [-0.15, -0.1) is 10.2 Å². The molecule has 0 saturated carbocycles. The molecule has 0 spiro atoms. The van der Waals surface area contributed by atoms with Crippen LogP contribution in [0.4, 0.5) is 5.69 Å². The molecule has 2 aromatic carbocycles. The smallest absolute Gasteiger partial charge is 0.261 e. The third-order valence-electron chi connectivity index (χ3n) is 3.54. The standard InChI is InChI=1S/C14H13ClN6O4S2/c1-8-2-4-9(5-3-8)27(24,25)19-12-7-11(15)13(26(16,22)23)6-10(12)14-17-20-21-18-14/h2-7,19H,1H3,(H2,16,22,23)(H,17,18,20,21). The summed E-state index contributed by atoms with van der Waals surface area (Å²) in [5, 5.41) is 18.0. The van der Waals surface area contributed by atoms with Crippen LogP contribution in [0.3, 0.4) is 0 Å². The number of H-pyrrole nitrogens is 1. The van der Waals surface area contributed by atoms with Crippen LogP contribution in [-0.2, 0) is 20.0 Å². The number of hydrogen-bond acceptors (Lipinski definition) is 7. The Hall–Kier alpha value is -2.54. The van der Waals surface area contributed by atoms with E-state index < -0.39 is 24.9 Å². The molecule has 0 aliphatic rings. The maximum atomic E-state index is 12.7. The molecule has 27 heavy (non-hydrogen) atoms. The molecule has 0 unspecified atom stereocenters. The van der Waals surface area contributed by atoms with E-state index in [1.54, 1.807) is 12.1 Å². The van der Waals surface area contributed by atoms with Crippen LogP contribution in [0.2, 0.25) is 5.02 Å². The quantitative estimate of drug-likeness (QED) is 0.551. The molecular formula is C14H13ClN6O4S2. The molecule has 0 saturated heterocycles. The Morgan fingerprint density at radius 1 is 1.11 bits per heavy atom. The molecule has 0 aliphatic carbocycles. The summed E-state index contributed by atoms with van der Waals surface area (Å²) in [4.78, 5) is -0.388. The van der Waals surface area contributed by atoms with Gasteiger partial charge in [0.2, 0.25) is 15.8 Å². The highest BCUT2D eigenvalue weighted by Gasteiger charge is 2.23. The highest BCUT2D eigenvalue weighted by atomic mass is 35.5. The van der Waals surface area contributed by atoms with Gasteiger partial charge in [-0.05, 0) is 36.4 Å². The zero-order valence-corrected chi connectivity index (χ0v) is 16.1. The van der Waals surface area contributed by atoms with Gasteiger partial charge in [0.15, 0.2) is 0 Å². The molecule has 3 aromatic rings. The number of hydrogen-bond donors (Lipinski definition) is 3. The van der Waals surface area contributed by atoms with E-state index in [1.165, 1.54) is 12.1 Å². The molecule has 0 atom stereocenters. The topological polar surface area (TPSA) is 161 Å². The number of benzene rings is 2. The molecular weight excluding hydrogens is 416 g/mol. The van der Waals surface area contributed by atoms with Crippen molar-refractivity contribution in [2.24, 2.45) is 5.14 Å². The molecule has 0 radical (unpaired) electrons. The first-order valence-corrected chi connectivity index (χ1v) is 10.7. The van der Waals surface area contributed by atoms with Crippen LogP contribution in [0.5, 0.6) is 0 Å². The predicted octanol–water partition coefficient (Wildman–Crippen LogP) is 1.28. The molecule has 13 heteroatoms. The number of aryl methyl sites for hydroxylation is 1. The summed E-state index contributed by atoms with van der Waals surface area (Å²) in [5.41, 5.74) is 0.893. The van der Waals surface area contributed by atoms with Crippen LogP contribution in [-0.4, -0.2) is 37.5 Å². The first-order chi connectivity index (χ1) is 12.6. The third kappa shape index (κ3) is 4.08. The summed E-state index contributed by atoms with van der Waals surface area (Å²) in [7, 11) is -8.14. The van der Waals surface area contributed by atoms with Crippen LogP contribution < -0.4 is 9.86 Å². The molecule has 10 nitrogen and oxygen atoms in total. The number of sulfonamides is 2. The summed E-state index contributed by atoms with van der Waals surface area (Å²) in [6, 6.07) is 8.36. The molecule has 1 heterocycles. The van der Waals surface area contributed by atoms with Gasteiger partial charge in [0.25, 0.3) is 10.0 Å². The molecule has 142 valence electrons.